The maximum absolute atomic E-state index is 12.1. The molecule has 0 saturated carbocycles. The number of carbonyl (C=O) groups excluding carboxylic acids is 2. The van der Waals surface area contributed by atoms with Gasteiger partial charge in [-0.1, -0.05) is 19.1 Å². The molecule has 0 aromatic heterocycles. The number of benzene rings is 2. The van der Waals surface area contributed by atoms with E-state index in [1.165, 1.54) is 5.56 Å². The molecule has 1 aliphatic rings. The zero-order valence-electron chi connectivity index (χ0n) is 15.2. The highest BCUT2D eigenvalue weighted by atomic mass is 16.5. The van der Waals surface area contributed by atoms with Crippen LogP contribution in [0.15, 0.2) is 42.5 Å². The number of rotatable bonds is 6. The number of amides is 2. The van der Waals surface area contributed by atoms with Crippen molar-refractivity contribution in [2.75, 3.05) is 23.4 Å². The van der Waals surface area contributed by atoms with E-state index in [0.717, 1.165) is 30.6 Å². The van der Waals surface area contributed by atoms with E-state index in [0.29, 0.717) is 17.9 Å². The first-order valence-corrected chi connectivity index (χ1v) is 8.99. The predicted molar refractivity (Wildman–Crippen MR) is 103 cm³/mol. The summed E-state index contributed by atoms with van der Waals surface area (Å²) in [6.45, 7) is 4.74. The minimum atomic E-state index is -0.212. The van der Waals surface area contributed by atoms with Gasteiger partial charge in [-0.15, -0.1) is 0 Å². The third-order valence-corrected chi connectivity index (χ3v) is 4.52. The molecule has 136 valence electrons. The second-order valence-corrected chi connectivity index (χ2v) is 6.49. The molecule has 1 N–H and O–H groups in total. The summed E-state index contributed by atoms with van der Waals surface area (Å²) in [6.07, 6.45) is 2.43. The molecule has 1 saturated heterocycles. The average molecular weight is 352 g/mol. The summed E-state index contributed by atoms with van der Waals surface area (Å²) in [5.41, 5.74) is 3.76. The van der Waals surface area contributed by atoms with Crippen molar-refractivity contribution < 1.29 is 14.3 Å². The number of aryl methyl sites for hydroxylation is 2. The quantitative estimate of drug-likeness (QED) is 0.862. The molecular formula is C21H24N2O3. The predicted octanol–water partition coefficient (Wildman–Crippen LogP) is 3.70. The van der Waals surface area contributed by atoms with Crippen molar-refractivity contribution in [3.05, 3.63) is 53.6 Å². The minimum absolute atomic E-state index is 0.0431. The smallest absolute Gasteiger partial charge is 0.262 e. The lowest BCUT2D eigenvalue weighted by Crippen LogP contribution is -2.24. The third kappa shape index (κ3) is 4.23. The Morgan fingerprint density at radius 1 is 1.23 bits per heavy atom. The van der Waals surface area contributed by atoms with Crippen LogP contribution in [0.3, 0.4) is 0 Å². The Labute approximate surface area is 154 Å². The number of hydrogen-bond donors (Lipinski definition) is 1. The van der Waals surface area contributed by atoms with Crippen LogP contribution in [0.2, 0.25) is 0 Å². The van der Waals surface area contributed by atoms with Crippen molar-refractivity contribution in [2.24, 2.45) is 0 Å². The van der Waals surface area contributed by atoms with Crippen LogP contribution in [0, 0.1) is 6.92 Å². The van der Waals surface area contributed by atoms with Crippen molar-refractivity contribution >= 4 is 23.2 Å². The largest absolute Gasteiger partial charge is 0.484 e. The van der Waals surface area contributed by atoms with Gasteiger partial charge in [0.15, 0.2) is 6.61 Å². The summed E-state index contributed by atoms with van der Waals surface area (Å²) in [6, 6.07) is 13.3. The highest BCUT2D eigenvalue weighted by Crippen LogP contribution is 2.27. The molecule has 2 amide bonds. The summed E-state index contributed by atoms with van der Waals surface area (Å²) < 4.78 is 5.57. The van der Waals surface area contributed by atoms with Crippen molar-refractivity contribution in [3.8, 4) is 5.75 Å². The van der Waals surface area contributed by atoms with Gasteiger partial charge in [0.05, 0.1) is 0 Å². The van der Waals surface area contributed by atoms with E-state index in [1.54, 1.807) is 0 Å². The Bertz CT molecular complexity index is 817. The molecule has 2 aromatic rings. The third-order valence-electron chi connectivity index (χ3n) is 4.52. The van der Waals surface area contributed by atoms with Gasteiger partial charge in [-0.25, -0.2) is 0 Å². The zero-order valence-corrected chi connectivity index (χ0v) is 15.2. The van der Waals surface area contributed by atoms with E-state index in [4.69, 9.17) is 4.74 Å². The fraction of sp³-hybridized carbons (Fsp3) is 0.333. The summed E-state index contributed by atoms with van der Waals surface area (Å²) in [4.78, 5) is 25.8. The van der Waals surface area contributed by atoms with Crippen molar-refractivity contribution in [3.63, 3.8) is 0 Å². The van der Waals surface area contributed by atoms with Crippen LogP contribution in [0.25, 0.3) is 0 Å². The molecule has 0 aliphatic carbocycles. The van der Waals surface area contributed by atoms with Crippen LogP contribution >= 0.6 is 0 Å². The molecule has 3 rings (SSSR count). The van der Waals surface area contributed by atoms with E-state index >= 15 is 0 Å². The second kappa shape index (κ2) is 8.04. The molecule has 26 heavy (non-hydrogen) atoms. The van der Waals surface area contributed by atoms with Gasteiger partial charge in [0.2, 0.25) is 5.91 Å². The van der Waals surface area contributed by atoms with E-state index in [9.17, 15) is 9.59 Å². The number of ether oxygens (including phenoxy) is 1. The highest BCUT2D eigenvalue weighted by Gasteiger charge is 2.23. The van der Waals surface area contributed by atoms with Crippen LogP contribution < -0.4 is 15.0 Å². The first-order chi connectivity index (χ1) is 12.6. The Morgan fingerprint density at radius 2 is 2.08 bits per heavy atom. The van der Waals surface area contributed by atoms with Crippen molar-refractivity contribution in [1.29, 1.82) is 0 Å². The van der Waals surface area contributed by atoms with E-state index < -0.39 is 0 Å². The van der Waals surface area contributed by atoms with Crippen LogP contribution in [0.5, 0.6) is 5.75 Å². The van der Waals surface area contributed by atoms with Gasteiger partial charge in [0.25, 0.3) is 5.91 Å². The maximum atomic E-state index is 12.1. The minimum Gasteiger partial charge on any atom is -0.484 e. The molecule has 0 bridgehead atoms. The Morgan fingerprint density at radius 3 is 2.77 bits per heavy atom. The Balaban J connectivity index is 1.59. The zero-order chi connectivity index (χ0) is 18.5. The first kappa shape index (κ1) is 18.0. The molecule has 2 aromatic carbocycles. The maximum Gasteiger partial charge on any atom is 0.262 e. The van der Waals surface area contributed by atoms with Gasteiger partial charge in [-0.3, -0.25) is 9.59 Å². The molecule has 1 heterocycles. The second-order valence-electron chi connectivity index (χ2n) is 6.49. The molecule has 0 unspecified atom stereocenters. The van der Waals surface area contributed by atoms with E-state index in [2.05, 4.69) is 12.2 Å². The standard InChI is InChI=1S/C21H24N2O3/c1-3-16-6-4-7-18(13-16)26-14-20(24)22-17-9-10-19(15(2)12-17)23-11-5-8-21(23)25/h4,6-7,9-10,12-13H,3,5,8,11,14H2,1-2H3,(H,22,24). The molecule has 5 nitrogen and oxygen atoms in total. The molecule has 0 spiro atoms. The Kier molecular flexibility index (Phi) is 5.56. The number of hydrogen-bond acceptors (Lipinski definition) is 3. The normalized spacial score (nSPS) is 13.8. The molecule has 0 radical (unpaired) electrons. The summed E-state index contributed by atoms with van der Waals surface area (Å²) in [5, 5.41) is 2.84. The number of nitrogens with zero attached hydrogens (tertiary/aromatic N) is 1. The summed E-state index contributed by atoms with van der Waals surface area (Å²) in [7, 11) is 0. The SMILES string of the molecule is CCc1cccc(OCC(=O)Nc2ccc(N3CCCC3=O)c(C)c2)c1. The van der Waals surface area contributed by atoms with Crippen molar-refractivity contribution in [1.82, 2.24) is 0 Å². The number of anilines is 2. The lowest BCUT2D eigenvalue weighted by Gasteiger charge is -2.19. The number of carbonyl (C=O) groups is 2. The van der Waals surface area contributed by atoms with E-state index in [1.807, 2.05) is 54.3 Å². The molecular weight excluding hydrogens is 328 g/mol. The molecule has 1 fully saturated rings. The van der Waals surface area contributed by atoms with Crippen molar-refractivity contribution in [2.45, 2.75) is 33.1 Å². The monoisotopic (exact) mass is 352 g/mol. The van der Waals surface area contributed by atoms with Gasteiger partial charge >= 0.3 is 0 Å². The molecule has 5 heteroatoms. The summed E-state index contributed by atoms with van der Waals surface area (Å²) in [5.74, 6) is 0.641. The topological polar surface area (TPSA) is 58.6 Å². The van der Waals surface area contributed by atoms with Crippen LogP contribution in [-0.2, 0) is 16.0 Å². The van der Waals surface area contributed by atoms with Gasteiger partial charge in [0.1, 0.15) is 5.75 Å². The highest BCUT2D eigenvalue weighted by molar-refractivity contribution is 5.97. The molecule has 1 aliphatic heterocycles. The first-order valence-electron chi connectivity index (χ1n) is 8.99. The average Bonchev–Trinajstić information content (AvgIpc) is 3.06. The van der Waals surface area contributed by atoms with Gasteiger partial charge in [0, 0.05) is 24.3 Å². The van der Waals surface area contributed by atoms with Gasteiger partial charge in [-0.2, -0.15) is 0 Å². The van der Waals surface area contributed by atoms with Gasteiger partial charge in [-0.05, 0) is 61.2 Å². The van der Waals surface area contributed by atoms with Crippen LogP contribution in [0.4, 0.5) is 11.4 Å². The lowest BCUT2D eigenvalue weighted by atomic mass is 10.1. The van der Waals surface area contributed by atoms with Crippen LogP contribution in [-0.4, -0.2) is 25.0 Å². The fourth-order valence-electron chi connectivity index (χ4n) is 3.14. The Hall–Kier alpha value is -2.82. The lowest BCUT2D eigenvalue weighted by molar-refractivity contribution is -0.118. The number of nitrogens with one attached hydrogen (secondary N) is 1. The van der Waals surface area contributed by atoms with Gasteiger partial charge < -0.3 is 15.0 Å². The molecule has 0 atom stereocenters. The fourth-order valence-corrected chi connectivity index (χ4v) is 3.14. The van der Waals surface area contributed by atoms with E-state index in [-0.39, 0.29) is 18.4 Å². The van der Waals surface area contributed by atoms with Crippen LogP contribution in [0.1, 0.15) is 30.9 Å². The summed E-state index contributed by atoms with van der Waals surface area (Å²) >= 11 is 0.